The second-order valence-electron chi connectivity index (χ2n) is 5.08. The van der Waals surface area contributed by atoms with Gasteiger partial charge in [0.2, 0.25) is 0 Å². The number of halogens is 1. The van der Waals surface area contributed by atoms with E-state index in [0.717, 1.165) is 17.4 Å². The van der Waals surface area contributed by atoms with Gasteiger partial charge in [0.25, 0.3) is 0 Å². The Hall–Kier alpha value is -1.20. The molecule has 20 heavy (non-hydrogen) atoms. The zero-order valence-electron chi connectivity index (χ0n) is 12.2. The molecule has 1 N–H and O–H groups in total. The minimum Gasteiger partial charge on any atom is -0.305 e. The summed E-state index contributed by atoms with van der Waals surface area (Å²) in [5.41, 5.74) is 2.37. The van der Waals surface area contributed by atoms with Crippen LogP contribution in [0.5, 0.6) is 0 Å². The molecule has 0 bridgehead atoms. The summed E-state index contributed by atoms with van der Waals surface area (Å²) in [7, 11) is 0. The van der Waals surface area contributed by atoms with Crippen molar-refractivity contribution in [3.05, 3.63) is 46.5 Å². The number of hydrogen-bond acceptors (Lipinski definition) is 3. The van der Waals surface area contributed by atoms with Gasteiger partial charge in [-0.1, -0.05) is 6.92 Å². The van der Waals surface area contributed by atoms with E-state index in [2.05, 4.69) is 68.9 Å². The second-order valence-corrected chi connectivity index (χ2v) is 5.94. The SMILES string of the molecule is CCCNC(c1ccncc1)c1c(Br)cnn1C(C)C. The van der Waals surface area contributed by atoms with Gasteiger partial charge in [0.15, 0.2) is 0 Å². The van der Waals surface area contributed by atoms with E-state index >= 15 is 0 Å². The third-order valence-electron chi connectivity index (χ3n) is 3.19. The predicted octanol–water partition coefficient (Wildman–Crippen LogP) is 3.71. The Morgan fingerprint density at radius 1 is 1.30 bits per heavy atom. The van der Waals surface area contributed by atoms with Crippen LogP contribution in [0.15, 0.2) is 35.2 Å². The van der Waals surface area contributed by atoms with E-state index < -0.39 is 0 Å². The molecule has 108 valence electrons. The molecular formula is C15H21BrN4. The first-order valence-electron chi connectivity index (χ1n) is 7.01. The van der Waals surface area contributed by atoms with E-state index in [1.165, 1.54) is 11.3 Å². The highest BCUT2D eigenvalue weighted by Gasteiger charge is 2.22. The first-order valence-corrected chi connectivity index (χ1v) is 7.80. The number of nitrogens with zero attached hydrogens (tertiary/aromatic N) is 3. The summed E-state index contributed by atoms with van der Waals surface area (Å²) < 4.78 is 3.11. The maximum absolute atomic E-state index is 4.48. The molecule has 0 spiro atoms. The molecule has 0 fully saturated rings. The standard InChI is InChI=1S/C15H21BrN4/c1-4-7-18-14(12-5-8-17-9-6-12)15-13(16)10-19-20(15)11(2)3/h5-6,8-11,14,18H,4,7H2,1-3H3. The van der Waals surface area contributed by atoms with Crippen LogP contribution >= 0.6 is 15.9 Å². The summed E-state index contributed by atoms with van der Waals surface area (Å²) in [4.78, 5) is 4.11. The molecule has 0 aliphatic carbocycles. The van der Waals surface area contributed by atoms with Gasteiger partial charge in [-0.3, -0.25) is 9.67 Å². The van der Waals surface area contributed by atoms with Crippen LogP contribution in [0.3, 0.4) is 0 Å². The van der Waals surface area contributed by atoms with E-state index in [0.29, 0.717) is 6.04 Å². The topological polar surface area (TPSA) is 42.7 Å². The monoisotopic (exact) mass is 336 g/mol. The fourth-order valence-corrected chi connectivity index (χ4v) is 2.75. The fraction of sp³-hybridized carbons (Fsp3) is 0.467. The third kappa shape index (κ3) is 3.27. The highest BCUT2D eigenvalue weighted by Crippen LogP contribution is 2.30. The first kappa shape index (κ1) is 15.2. The Labute approximate surface area is 128 Å². The zero-order chi connectivity index (χ0) is 14.5. The lowest BCUT2D eigenvalue weighted by atomic mass is 10.0. The van der Waals surface area contributed by atoms with Gasteiger partial charge in [-0.15, -0.1) is 0 Å². The molecule has 1 unspecified atom stereocenters. The normalized spacial score (nSPS) is 12.8. The highest BCUT2D eigenvalue weighted by atomic mass is 79.9. The lowest BCUT2D eigenvalue weighted by Gasteiger charge is -2.22. The highest BCUT2D eigenvalue weighted by molar-refractivity contribution is 9.10. The van der Waals surface area contributed by atoms with Crippen LogP contribution in [-0.2, 0) is 0 Å². The van der Waals surface area contributed by atoms with Crippen LogP contribution in [0.2, 0.25) is 0 Å². The van der Waals surface area contributed by atoms with Crippen molar-refractivity contribution in [3.63, 3.8) is 0 Å². The molecule has 0 aromatic carbocycles. The van der Waals surface area contributed by atoms with Crippen molar-refractivity contribution in [3.8, 4) is 0 Å². The maximum Gasteiger partial charge on any atom is 0.0761 e. The Bertz CT molecular complexity index is 536. The van der Waals surface area contributed by atoms with Crippen LogP contribution in [0.1, 0.15) is 50.5 Å². The minimum atomic E-state index is 0.122. The molecule has 0 amide bonds. The van der Waals surface area contributed by atoms with Crippen molar-refractivity contribution in [2.24, 2.45) is 0 Å². The number of rotatable bonds is 6. The number of aromatic nitrogens is 3. The van der Waals surface area contributed by atoms with E-state index in [1.54, 1.807) is 0 Å². The van der Waals surface area contributed by atoms with Crippen molar-refractivity contribution >= 4 is 15.9 Å². The molecule has 2 heterocycles. The van der Waals surface area contributed by atoms with E-state index in [1.807, 2.05) is 18.6 Å². The number of nitrogens with one attached hydrogen (secondary N) is 1. The number of hydrogen-bond donors (Lipinski definition) is 1. The quantitative estimate of drug-likeness (QED) is 0.874. The molecule has 0 radical (unpaired) electrons. The average molecular weight is 337 g/mol. The van der Waals surface area contributed by atoms with Crippen molar-refractivity contribution in [1.82, 2.24) is 20.1 Å². The molecule has 0 aliphatic rings. The van der Waals surface area contributed by atoms with Crippen molar-refractivity contribution in [2.75, 3.05) is 6.54 Å². The molecule has 0 aliphatic heterocycles. The van der Waals surface area contributed by atoms with Crippen molar-refractivity contribution < 1.29 is 0 Å². The molecule has 5 heteroatoms. The largest absolute Gasteiger partial charge is 0.305 e. The minimum absolute atomic E-state index is 0.122. The van der Waals surface area contributed by atoms with Gasteiger partial charge in [0.1, 0.15) is 0 Å². The Morgan fingerprint density at radius 2 is 2.00 bits per heavy atom. The Kier molecular flexibility index (Phi) is 5.31. The van der Waals surface area contributed by atoms with Crippen LogP contribution in [-0.4, -0.2) is 21.3 Å². The van der Waals surface area contributed by atoms with E-state index in [4.69, 9.17) is 0 Å². The zero-order valence-corrected chi connectivity index (χ0v) is 13.8. The lowest BCUT2D eigenvalue weighted by Crippen LogP contribution is -2.26. The van der Waals surface area contributed by atoms with E-state index in [-0.39, 0.29) is 6.04 Å². The Morgan fingerprint density at radius 3 is 2.60 bits per heavy atom. The van der Waals surface area contributed by atoms with Crippen LogP contribution in [0.25, 0.3) is 0 Å². The van der Waals surface area contributed by atoms with Gasteiger partial charge in [0, 0.05) is 18.4 Å². The van der Waals surface area contributed by atoms with Crippen molar-refractivity contribution in [1.29, 1.82) is 0 Å². The molecule has 4 nitrogen and oxygen atoms in total. The van der Waals surface area contributed by atoms with Gasteiger partial charge in [-0.05, 0) is 60.4 Å². The first-order chi connectivity index (χ1) is 9.65. The van der Waals surface area contributed by atoms with Gasteiger partial charge >= 0.3 is 0 Å². The molecule has 1 atom stereocenters. The summed E-state index contributed by atoms with van der Waals surface area (Å²) in [6, 6.07) is 4.55. The van der Waals surface area contributed by atoms with Crippen molar-refractivity contribution in [2.45, 2.75) is 39.3 Å². The molecule has 2 aromatic heterocycles. The molecule has 0 saturated heterocycles. The van der Waals surface area contributed by atoms with Gasteiger partial charge in [-0.2, -0.15) is 5.10 Å². The lowest BCUT2D eigenvalue weighted by molar-refractivity contribution is 0.470. The van der Waals surface area contributed by atoms with Crippen LogP contribution in [0, 0.1) is 0 Å². The van der Waals surface area contributed by atoms with E-state index in [9.17, 15) is 0 Å². The molecule has 0 saturated carbocycles. The molecule has 2 rings (SSSR count). The van der Waals surface area contributed by atoms with Gasteiger partial charge in [-0.25, -0.2) is 0 Å². The van der Waals surface area contributed by atoms with Gasteiger partial charge in [0.05, 0.1) is 22.4 Å². The summed E-state index contributed by atoms with van der Waals surface area (Å²) in [6.45, 7) is 7.42. The summed E-state index contributed by atoms with van der Waals surface area (Å²) in [6.07, 6.45) is 6.63. The number of pyridine rings is 1. The van der Waals surface area contributed by atoms with Gasteiger partial charge < -0.3 is 5.32 Å². The second kappa shape index (κ2) is 6.99. The third-order valence-corrected chi connectivity index (χ3v) is 3.80. The average Bonchev–Trinajstić information content (AvgIpc) is 2.83. The maximum atomic E-state index is 4.48. The Balaban J connectivity index is 2.44. The predicted molar refractivity (Wildman–Crippen MR) is 84.7 cm³/mol. The fourth-order valence-electron chi connectivity index (χ4n) is 2.25. The smallest absolute Gasteiger partial charge is 0.0761 e. The van der Waals surface area contributed by atoms with Crippen LogP contribution in [0.4, 0.5) is 0 Å². The summed E-state index contributed by atoms with van der Waals surface area (Å²) in [5, 5.41) is 8.09. The van der Waals surface area contributed by atoms with Crippen LogP contribution < -0.4 is 5.32 Å². The molecular weight excluding hydrogens is 316 g/mol. The summed E-state index contributed by atoms with van der Waals surface area (Å²) >= 11 is 3.64. The molecule has 2 aromatic rings. The summed E-state index contributed by atoms with van der Waals surface area (Å²) in [5.74, 6) is 0.